The van der Waals surface area contributed by atoms with E-state index in [1.165, 1.54) is 0 Å². The Morgan fingerprint density at radius 3 is 2.93 bits per heavy atom. The highest BCUT2D eigenvalue weighted by molar-refractivity contribution is 9.10. The number of hydrogen-bond acceptors (Lipinski definition) is 2. The van der Waals surface area contributed by atoms with Gasteiger partial charge >= 0.3 is 0 Å². The number of aliphatic hydroxyl groups excluding tert-OH is 1. The van der Waals surface area contributed by atoms with Gasteiger partial charge in [0.2, 0.25) is 0 Å². The van der Waals surface area contributed by atoms with Gasteiger partial charge in [-0.05, 0) is 43.2 Å². The lowest BCUT2D eigenvalue weighted by Gasteiger charge is -2.08. The zero-order chi connectivity index (χ0) is 10.8. The molecule has 2 rings (SSSR count). The molecule has 0 spiro atoms. The average Bonchev–Trinajstić information content (AvgIpc) is 2.18. The van der Waals surface area contributed by atoms with Crippen LogP contribution in [0.25, 0.3) is 10.9 Å². The molecule has 1 atom stereocenters. The Hall–Kier alpha value is -0.930. The van der Waals surface area contributed by atoms with Gasteiger partial charge < -0.3 is 5.11 Å². The van der Waals surface area contributed by atoms with Crippen LogP contribution in [0.3, 0.4) is 0 Å². The molecule has 0 aliphatic rings. The maximum atomic E-state index is 9.40. The van der Waals surface area contributed by atoms with E-state index in [2.05, 4.69) is 20.9 Å². The zero-order valence-corrected chi connectivity index (χ0v) is 10.0. The van der Waals surface area contributed by atoms with E-state index >= 15 is 0 Å². The molecule has 0 saturated carbocycles. The summed E-state index contributed by atoms with van der Waals surface area (Å²) in [7, 11) is 0. The van der Waals surface area contributed by atoms with Crippen LogP contribution in [0.15, 0.2) is 34.9 Å². The molecule has 2 nitrogen and oxygen atoms in total. The fourth-order valence-corrected chi connectivity index (χ4v) is 2.03. The smallest absolute Gasteiger partial charge is 0.0705 e. The van der Waals surface area contributed by atoms with Crippen molar-refractivity contribution in [3.05, 3.63) is 40.5 Å². The summed E-state index contributed by atoms with van der Waals surface area (Å²) in [5.74, 6) is 0. The van der Waals surface area contributed by atoms with Gasteiger partial charge in [0, 0.05) is 16.1 Å². The number of aromatic nitrogens is 1. The van der Waals surface area contributed by atoms with E-state index in [0.717, 1.165) is 20.9 Å². The van der Waals surface area contributed by atoms with Crippen molar-refractivity contribution in [3.8, 4) is 0 Å². The molecule has 0 saturated heterocycles. The zero-order valence-electron chi connectivity index (χ0n) is 8.44. The van der Waals surface area contributed by atoms with Crippen LogP contribution in [0.2, 0.25) is 0 Å². The van der Waals surface area contributed by atoms with E-state index in [1.54, 1.807) is 13.1 Å². The van der Waals surface area contributed by atoms with Gasteiger partial charge in [0.15, 0.2) is 0 Å². The highest BCUT2D eigenvalue weighted by atomic mass is 79.9. The normalized spacial score (nSPS) is 13.0. The van der Waals surface area contributed by atoms with Crippen LogP contribution in [0, 0.1) is 0 Å². The van der Waals surface area contributed by atoms with Crippen molar-refractivity contribution in [3.63, 3.8) is 0 Å². The van der Waals surface area contributed by atoms with Crippen molar-refractivity contribution >= 4 is 26.8 Å². The second kappa shape index (κ2) is 4.29. The Bertz CT molecular complexity index is 482. The number of aliphatic hydroxyl groups is 1. The molecule has 78 valence electrons. The predicted octanol–water partition coefficient (Wildman–Crippen LogP) is 2.92. The molecule has 0 aliphatic carbocycles. The van der Waals surface area contributed by atoms with Gasteiger partial charge in [0.05, 0.1) is 11.6 Å². The van der Waals surface area contributed by atoms with Crippen molar-refractivity contribution in [1.82, 2.24) is 4.98 Å². The molecule has 1 unspecified atom stereocenters. The van der Waals surface area contributed by atoms with Crippen LogP contribution >= 0.6 is 15.9 Å². The minimum absolute atomic E-state index is 0.324. The summed E-state index contributed by atoms with van der Waals surface area (Å²) in [5.41, 5.74) is 2.10. The number of pyridine rings is 1. The standard InChI is InChI=1S/C12H12BrNO/c1-8(15)6-9-4-5-14-12-3-2-10(13)7-11(9)12/h2-5,7-8,15H,6H2,1H3. The Morgan fingerprint density at radius 1 is 1.40 bits per heavy atom. The molecule has 1 N–H and O–H groups in total. The molecule has 0 fully saturated rings. The van der Waals surface area contributed by atoms with Gasteiger partial charge in [-0.25, -0.2) is 0 Å². The second-order valence-corrected chi connectivity index (χ2v) is 4.60. The lowest BCUT2D eigenvalue weighted by Crippen LogP contribution is -2.04. The molecule has 0 amide bonds. The number of halogens is 1. The first-order valence-corrected chi connectivity index (χ1v) is 5.67. The lowest BCUT2D eigenvalue weighted by molar-refractivity contribution is 0.196. The van der Waals surface area contributed by atoms with E-state index in [9.17, 15) is 5.11 Å². The van der Waals surface area contributed by atoms with Crippen LogP contribution in [0.1, 0.15) is 12.5 Å². The van der Waals surface area contributed by atoms with E-state index in [4.69, 9.17) is 0 Å². The Morgan fingerprint density at radius 2 is 2.20 bits per heavy atom. The average molecular weight is 266 g/mol. The summed E-state index contributed by atoms with van der Waals surface area (Å²) in [6.45, 7) is 1.80. The van der Waals surface area contributed by atoms with Gasteiger partial charge in [0.25, 0.3) is 0 Å². The molecule has 0 aliphatic heterocycles. The molecule has 0 bridgehead atoms. The minimum atomic E-state index is -0.324. The van der Waals surface area contributed by atoms with Crippen LogP contribution in [0.5, 0.6) is 0 Å². The number of hydrogen-bond donors (Lipinski definition) is 1. The fraction of sp³-hybridized carbons (Fsp3) is 0.250. The molecule has 1 heterocycles. The topological polar surface area (TPSA) is 33.1 Å². The largest absolute Gasteiger partial charge is 0.393 e. The van der Waals surface area contributed by atoms with E-state index in [0.29, 0.717) is 6.42 Å². The van der Waals surface area contributed by atoms with Crippen molar-refractivity contribution in [1.29, 1.82) is 0 Å². The van der Waals surface area contributed by atoms with Gasteiger partial charge in [-0.1, -0.05) is 15.9 Å². The highest BCUT2D eigenvalue weighted by Crippen LogP contribution is 2.22. The first-order chi connectivity index (χ1) is 7.16. The molecular formula is C12H12BrNO. The van der Waals surface area contributed by atoms with Crippen LogP contribution in [-0.2, 0) is 6.42 Å². The van der Waals surface area contributed by atoms with E-state index in [-0.39, 0.29) is 6.10 Å². The third-order valence-electron chi connectivity index (χ3n) is 2.31. The molecule has 2 aromatic rings. The maximum absolute atomic E-state index is 9.40. The SMILES string of the molecule is CC(O)Cc1ccnc2ccc(Br)cc12. The predicted molar refractivity (Wildman–Crippen MR) is 64.8 cm³/mol. The molecular weight excluding hydrogens is 254 g/mol. The fourth-order valence-electron chi connectivity index (χ4n) is 1.67. The first kappa shape index (κ1) is 10.6. The van der Waals surface area contributed by atoms with E-state index in [1.807, 2.05) is 24.3 Å². The third kappa shape index (κ3) is 2.36. The molecule has 1 aromatic carbocycles. The van der Waals surface area contributed by atoms with Gasteiger partial charge in [-0.2, -0.15) is 0 Å². The maximum Gasteiger partial charge on any atom is 0.0705 e. The third-order valence-corrected chi connectivity index (χ3v) is 2.80. The van der Waals surface area contributed by atoms with Gasteiger partial charge in [-0.3, -0.25) is 4.98 Å². The van der Waals surface area contributed by atoms with Crippen LogP contribution in [-0.4, -0.2) is 16.2 Å². The van der Waals surface area contributed by atoms with Crippen LogP contribution in [0.4, 0.5) is 0 Å². The number of fused-ring (bicyclic) bond motifs is 1. The number of benzene rings is 1. The molecule has 0 radical (unpaired) electrons. The summed E-state index contributed by atoms with van der Waals surface area (Å²) < 4.78 is 1.04. The Balaban J connectivity index is 2.58. The quantitative estimate of drug-likeness (QED) is 0.906. The van der Waals surface area contributed by atoms with Crippen molar-refractivity contribution in [2.45, 2.75) is 19.4 Å². The Labute approximate surface area is 97.1 Å². The van der Waals surface area contributed by atoms with Gasteiger partial charge in [-0.15, -0.1) is 0 Å². The number of nitrogens with zero attached hydrogens (tertiary/aromatic N) is 1. The Kier molecular flexibility index (Phi) is 3.03. The van der Waals surface area contributed by atoms with Crippen molar-refractivity contribution in [2.24, 2.45) is 0 Å². The number of rotatable bonds is 2. The van der Waals surface area contributed by atoms with E-state index < -0.39 is 0 Å². The highest BCUT2D eigenvalue weighted by Gasteiger charge is 2.05. The summed E-state index contributed by atoms with van der Waals surface area (Å²) in [6, 6.07) is 7.95. The molecule has 3 heteroatoms. The second-order valence-electron chi connectivity index (χ2n) is 3.68. The van der Waals surface area contributed by atoms with Crippen LogP contribution < -0.4 is 0 Å². The summed E-state index contributed by atoms with van der Waals surface area (Å²) >= 11 is 3.44. The monoisotopic (exact) mass is 265 g/mol. The summed E-state index contributed by atoms with van der Waals surface area (Å²) in [4.78, 5) is 4.29. The first-order valence-electron chi connectivity index (χ1n) is 4.88. The molecule has 15 heavy (non-hydrogen) atoms. The summed E-state index contributed by atoms with van der Waals surface area (Å²) in [6.07, 6.45) is 2.12. The van der Waals surface area contributed by atoms with Crippen molar-refractivity contribution < 1.29 is 5.11 Å². The summed E-state index contributed by atoms with van der Waals surface area (Å²) in [5, 5.41) is 10.5. The van der Waals surface area contributed by atoms with Crippen molar-refractivity contribution in [2.75, 3.05) is 0 Å². The minimum Gasteiger partial charge on any atom is -0.393 e. The lowest BCUT2D eigenvalue weighted by atomic mass is 10.0. The molecule has 1 aromatic heterocycles. The van der Waals surface area contributed by atoms with Gasteiger partial charge in [0.1, 0.15) is 0 Å².